The normalized spacial score (nSPS) is 10.3. The number of carbonyl (C=O) groups excluding carboxylic acids is 2. The number of aromatic hydroxyl groups is 1. The highest BCUT2D eigenvalue weighted by Crippen LogP contribution is 2.23. The van der Waals surface area contributed by atoms with Crippen LogP contribution >= 0.6 is 0 Å². The minimum Gasteiger partial charge on any atom is -0.505 e. The number of anilines is 1. The summed E-state index contributed by atoms with van der Waals surface area (Å²) in [6, 6.07) is 4.56. The molecule has 1 rings (SSSR count). The Morgan fingerprint density at radius 3 is 2.65 bits per heavy atom. The summed E-state index contributed by atoms with van der Waals surface area (Å²) in [6.07, 6.45) is 0.196. The molecule has 1 aromatic rings. The van der Waals surface area contributed by atoms with Crippen molar-refractivity contribution in [3.63, 3.8) is 0 Å². The number of hydrogen-bond acceptors (Lipinski definition) is 4. The van der Waals surface area contributed by atoms with E-state index in [9.17, 15) is 14.7 Å². The van der Waals surface area contributed by atoms with Crippen LogP contribution in [0.3, 0.4) is 0 Å². The highest BCUT2D eigenvalue weighted by molar-refractivity contribution is 5.98. The first-order valence-corrected chi connectivity index (χ1v) is 6.54. The predicted octanol–water partition coefficient (Wildman–Crippen LogP) is 0.866. The van der Waals surface area contributed by atoms with E-state index in [1.165, 1.54) is 12.1 Å². The molecular weight excluding hydrogens is 258 g/mol. The largest absolute Gasteiger partial charge is 0.505 e. The molecule has 0 spiro atoms. The number of hydrogen-bond donors (Lipinski definition) is 4. The molecule has 0 aliphatic carbocycles. The maximum Gasteiger partial charge on any atom is 0.255 e. The molecular formula is C14H21N3O3. The van der Waals surface area contributed by atoms with E-state index in [0.29, 0.717) is 12.5 Å². The molecule has 0 saturated carbocycles. The SMILES string of the molecule is CC(C)CNC(=O)CCNC(=O)c1cccc(N)c1O. The third-order valence-electron chi connectivity index (χ3n) is 2.66. The van der Waals surface area contributed by atoms with Crippen molar-refractivity contribution in [1.82, 2.24) is 10.6 Å². The minimum atomic E-state index is -0.452. The Bertz CT molecular complexity index is 487. The van der Waals surface area contributed by atoms with Gasteiger partial charge in [-0.3, -0.25) is 9.59 Å². The summed E-state index contributed by atoms with van der Waals surface area (Å²) in [4.78, 5) is 23.3. The summed E-state index contributed by atoms with van der Waals surface area (Å²) >= 11 is 0. The number of rotatable bonds is 6. The molecule has 0 fully saturated rings. The van der Waals surface area contributed by atoms with Crippen LogP contribution in [0.2, 0.25) is 0 Å². The maximum atomic E-state index is 11.8. The van der Waals surface area contributed by atoms with E-state index in [-0.39, 0.29) is 35.9 Å². The fourth-order valence-electron chi connectivity index (χ4n) is 1.54. The highest BCUT2D eigenvalue weighted by atomic mass is 16.3. The van der Waals surface area contributed by atoms with E-state index < -0.39 is 5.91 Å². The van der Waals surface area contributed by atoms with E-state index in [0.717, 1.165) is 0 Å². The Morgan fingerprint density at radius 1 is 1.30 bits per heavy atom. The molecule has 0 atom stereocenters. The number of para-hydroxylation sites is 1. The third kappa shape index (κ3) is 4.79. The van der Waals surface area contributed by atoms with Crippen molar-refractivity contribution in [2.45, 2.75) is 20.3 Å². The van der Waals surface area contributed by atoms with Gasteiger partial charge in [-0.1, -0.05) is 19.9 Å². The molecule has 20 heavy (non-hydrogen) atoms. The monoisotopic (exact) mass is 279 g/mol. The van der Waals surface area contributed by atoms with E-state index >= 15 is 0 Å². The molecule has 0 aliphatic rings. The minimum absolute atomic E-state index is 0.104. The Kier molecular flexibility index (Phi) is 5.83. The van der Waals surface area contributed by atoms with Crippen molar-refractivity contribution >= 4 is 17.5 Å². The molecule has 110 valence electrons. The van der Waals surface area contributed by atoms with Crippen LogP contribution in [0.5, 0.6) is 5.75 Å². The van der Waals surface area contributed by atoms with Gasteiger partial charge in [0, 0.05) is 19.5 Å². The van der Waals surface area contributed by atoms with E-state index in [1.807, 2.05) is 13.8 Å². The van der Waals surface area contributed by atoms with E-state index in [4.69, 9.17) is 5.73 Å². The number of phenols is 1. The van der Waals surface area contributed by atoms with Gasteiger partial charge in [0.1, 0.15) is 0 Å². The summed E-state index contributed by atoms with van der Waals surface area (Å²) in [7, 11) is 0. The Balaban J connectivity index is 2.40. The number of phenolic OH excluding ortho intramolecular Hbond substituents is 1. The van der Waals surface area contributed by atoms with Crippen LogP contribution in [0.25, 0.3) is 0 Å². The zero-order chi connectivity index (χ0) is 15.1. The molecule has 6 nitrogen and oxygen atoms in total. The first-order valence-electron chi connectivity index (χ1n) is 6.54. The number of carbonyl (C=O) groups is 2. The molecule has 0 saturated heterocycles. The van der Waals surface area contributed by atoms with Crippen molar-refractivity contribution in [2.24, 2.45) is 5.92 Å². The molecule has 0 aromatic heterocycles. The fraction of sp³-hybridized carbons (Fsp3) is 0.429. The first kappa shape index (κ1) is 15.8. The molecule has 0 bridgehead atoms. The Hall–Kier alpha value is -2.24. The molecule has 1 aromatic carbocycles. The second-order valence-electron chi connectivity index (χ2n) is 4.95. The van der Waals surface area contributed by atoms with Gasteiger partial charge in [-0.15, -0.1) is 0 Å². The summed E-state index contributed by atoms with van der Waals surface area (Å²) in [5, 5.41) is 15.0. The second-order valence-corrected chi connectivity index (χ2v) is 4.95. The van der Waals surface area contributed by atoms with Gasteiger partial charge in [-0.2, -0.15) is 0 Å². The van der Waals surface area contributed by atoms with Crippen molar-refractivity contribution in [3.8, 4) is 5.75 Å². The lowest BCUT2D eigenvalue weighted by Crippen LogP contribution is -2.32. The quantitative estimate of drug-likeness (QED) is 0.458. The molecule has 5 N–H and O–H groups in total. The fourth-order valence-corrected chi connectivity index (χ4v) is 1.54. The molecule has 0 aliphatic heterocycles. The predicted molar refractivity (Wildman–Crippen MR) is 77.3 cm³/mol. The number of nitrogens with two attached hydrogens (primary N) is 1. The van der Waals surface area contributed by atoms with Crippen LogP contribution in [-0.2, 0) is 4.79 Å². The standard InChI is InChI=1S/C14H21N3O3/c1-9(2)8-17-12(18)6-7-16-14(20)10-4-3-5-11(15)13(10)19/h3-5,9,19H,6-8,15H2,1-2H3,(H,16,20)(H,17,18). The van der Waals surface area contributed by atoms with Crippen LogP contribution in [0.4, 0.5) is 5.69 Å². The van der Waals surface area contributed by atoms with Crippen LogP contribution in [0.15, 0.2) is 18.2 Å². The van der Waals surface area contributed by atoms with Gasteiger partial charge >= 0.3 is 0 Å². The maximum absolute atomic E-state index is 11.8. The molecule has 0 heterocycles. The number of amides is 2. The van der Waals surface area contributed by atoms with Crippen LogP contribution < -0.4 is 16.4 Å². The van der Waals surface area contributed by atoms with E-state index in [1.54, 1.807) is 6.07 Å². The van der Waals surface area contributed by atoms with Crippen LogP contribution in [-0.4, -0.2) is 30.0 Å². The molecule has 6 heteroatoms. The summed E-state index contributed by atoms with van der Waals surface area (Å²) in [5.41, 5.74) is 5.76. The summed E-state index contributed by atoms with van der Waals surface area (Å²) in [5.74, 6) is -0.422. The summed E-state index contributed by atoms with van der Waals surface area (Å²) in [6.45, 7) is 4.83. The Morgan fingerprint density at radius 2 is 2.00 bits per heavy atom. The second kappa shape index (κ2) is 7.37. The average Bonchev–Trinajstić information content (AvgIpc) is 2.39. The van der Waals surface area contributed by atoms with E-state index in [2.05, 4.69) is 10.6 Å². The lowest BCUT2D eigenvalue weighted by atomic mass is 10.1. The van der Waals surface area contributed by atoms with Gasteiger partial charge in [0.25, 0.3) is 5.91 Å². The van der Waals surface area contributed by atoms with Gasteiger partial charge in [0.2, 0.25) is 5.91 Å². The topological polar surface area (TPSA) is 104 Å². The van der Waals surface area contributed by atoms with Crippen molar-refractivity contribution in [3.05, 3.63) is 23.8 Å². The van der Waals surface area contributed by atoms with Crippen LogP contribution in [0, 0.1) is 5.92 Å². The molecule has 2 amide bonds. The van der Waals surface area contributed by atoms with Gasteiger partial charge in [-0.25, -0.2) is 0 Å². The smallest absolute Gasteiger partial charge is 0.255 e. The lowest BCUT2D eigenvalue weighted by Gasteiger charge is -2.09. The third-order valence-corrected chi connectivity index (χ3v) is 2.66. The number of nitrogens with one attached hydrogen (secondary N) is 2. The van der Waals surface area contributed by atoms with Gasteiger partial charge in [0.05, 0.1) is 11.3 Å². The van der Waals surface area contributed by atoms with Crippen molar-refractivity contribution < 1.29 is 14.7 Å². The zero-order valence-electron chi connectivity index (χ0n) is 11.8. The first-order chi connectivity index (χ1) is 9.41. The zero-order valence-corrected chi connectivity index (χ0v) is 11.8. The lowest BCUT2D eigenvalue weighted by molar-refractivity contribution is -0.121. The van der Waals surface area contributed by atoms with Gasteiger partial charge in [-0.05, 0) is 18.1 Å². The summed E-state index contributed by atoms with van der Waals surface area (Å²) < 4.78 is 0. The van der Waals surface area contributed by atoms with Gasteiger partial charge in [0.15, 0.2) is 5.75 Å². The van der Waals surface area contributed by atoms with Crippen molar-refractivity contribution in [2.75, 3.05) is 18.8 Å². The Labute approximate surface area is 118 Å². The molecule has 0 unspecified atom stereocenters. The average molecular weight is 279 g/mol. The molecule has 0 radical (unpaired) electrons. The number of benzene rings is 1. The van der Waals surface area contributed by atoms with Gasteiger partial charge < -0.3 is 21.5 Å². The number of nitrogen functional groups attached to an aromatic ring is 1. The highest BCUT2D eigenvalue weighted by Gasteiger charge is 2.12. The van der Waals surface area contributed by atoms with Crippen molar-refractivity contribution in [1.29, 1.82) is 0 Å². The van der Waals surface area contributed by atoms with Crippen LogP contribution in [0.1, 0.15) is 30.6 Å².